The van der Waals surface area contributed by atoms with Gasteiger partial charge in [0.05, 0.1) is 0 Å². The third kappa shape index (κ3) is 2.04. The van der Waals surface area contributed by atoms with Gasteiger partial charge in [-0.3, -0.25) is 0 Å². The fourth-order valence-corrected chi connectivity index (χ4v) is 1.21. The van der Waals surface area contributed by atoms with Crippen molar-refractivity contribution in [3.05, 3.63) is 40.8 Å². The fraction of sp³-hybridized carbons (Fsp3) is 0.0909. The highest BCUT2D eigenvalue weighted by molar-refractivity contribution is 5.77. The molecule has 0 atom stereocenters. The highest BCUT2D eigenvalue weighted by Gasteiger charge is 1.99. The number of oxime groups is 1. The van der Waals surface area contributed by atoms with Gasteiger partial charge in [0.1, 0.15) is 5.58 Å². The van der Waals surface area contributed by atoms with Crippen LogP contribution in [0, 0.1) is 0 Å². The molecule has 1 heterocycles. The van der Waals surface area contributed by atoms with Crippen LogP contribution in [-0.4, -0.2) is 6.21 Å². The van der Waals surface area contributed by atoms with Gasteiger partial charge < -0.3 is 9.25 Å². The van der Waals surface area contributed by atoms with Crippen LogP contribution >= 0.6 is 0 Å². The maximum absolute atomic E-state index is 11.0. The summed E-state index contributed by atoms with van der Waals surface area (Å²) in [5.41, 5.74) is 0.116. The van der Waals surface area contributed by atoms with Crippen molar-refractivity contribution in [2.45, 2.75) is 6.92 Å². The lowest BCUT2D eigenvalue weighted by molar-refractivity contribution is 0.343. The van der Waals surface area contributed by atoms with Gasteiger partial charge in [-0.2, -0.15) is 0 Å². The van der Waals surface area contributed by atoms with Crippen LogP contribution in [0.15, 0.2) is 44.7 Å². The standard InChI is InChI=1S/C11H9NO3/c1-2-12-15-9-5-3-8-4-6-11(13)14-10(8)7-9/h2-7H,1H3/b12-2+. The van der Waals surface area contributed by atoms with Crippen molar-refractivity contribution in [3.63, 3.8) is 0 Å². The lowest BCUT2D eigenvalue weighted by Crippen LogP contribution is -1.94. The first-order valence-corrected chi connectivity index (χ1v) is 4.48. The van der Waals surface area contributed by atoms with Crippen LogP contribution in [0.3, 0.4) is 0 Å². The lowest BCUT2D eigenvalue weighted by atomic mass is 10.2. The summed E-state index contributed by atoms with van der Waals surface area (Å²) in [4.78, 5) is 16.0. The quantitative estimate of drug-likeness (QED) is 0.427. The Morgan fingerprint density at radius 2 is 2.13 bits per heavy atom. The Balaban J connectivity index is 2.49. The molecule has 0 radical (unpaired) electrons. The number of rotatable bonds is 2. The average molecular weight is 203 g/mol. The van der Waals surface area contributed by atoms with Crippen LogP contribution in [0.5, 0.6) is 5.75 Å². The van der Waals surface area contributed by atoms with Crippen LogP contribution in [0.25, 0.3) is 11.0 Å². The van der Waals surface area contributed by atoms with E-state index in [0.29, 0.717) is 11.3 Å². The van der Waals surface area contributed by atoms with Gasteiger partial charge in [0, 0.05) is 23.7 Å². The second kappa shape index (κ2) is 3.96. The molecule has 0 amide bonds. The van der Waals surface area contributed by atoms with E-state index in [1.807, 2.05) is 0 Å². The van der Waals surface area contributed by atoms with Crippen LogP contribution in [0.2, 0.25) is 0 Å². The molecule has 1 aromatic heterocycles. The Kier molecular flexibility index (Phi) is 2.49. The molecule has 2 rings (SSSR count). The highest BCUT2D eigenvalue weighted by atomic mass is 16.6. The summed E-state index contributed by atoms with van der Waals surface area (Å²) >= 11 is 0. The van der Waals surface area contributed by atoms with Crippen LogP contribution < -0.4 is 10.5 Å². The van der Waals surface area contributed by atoms with Crippen molar-refractivity contribution >= 4 is 17.2 Å². The Labute approximate surface area is 85.8 Å². The van der Waals surface area contributed by atoms with E-state index in [0.717, 1.165) is 5.39 Å². The zero-order valence-corrected chi connectivity index (χ0v) is 8.14. The minimum atomic E-state index is -0.376. The number of fused-ring (bicyclic) bond motifs is 1. The van der Waals surface area contributed by atoms with Crippen molar-refractivity contribution in [2.75, 3.05) is 0 Å². The van der Waals surface area contributed by atoms with Crippen molar-refractivity contribution in [1.29, 1.82) is 0 Å². The molecule has 0 N–H and O–H groups in total. The molecule has 4 nitrogen and oxygen atoms in total. The van der Waals surface area contributed by atoms with Gasteiger partial charge in [-0.05, 0) is 25.1 Å². The molecule has 76 valence electrons. The first-order valence-electron chi connectivity index (χ1n) is 4.48. The summed E-state index contributed by atoms with van der Waals surface area (Å²) in [5.74, 6) is 0.537. The predicted octanol–water partition coefficient (Wildman–Crippen LogP) is 2.18. The lowest BCUT2D eigenvalue weighted by Gasteiger charge is -1.99. The summed E-state index contributed by atoms with van der Waals surface area (Å²) in [6, 6.07) is 8.28. The van der Waals surface area contributed by atoms with E-state index in [1.54, 1.807) is 31.2 Å². The largest absolute Gasteiger partial charge is 0.423 e. The third-order valence-electron chi connectivity index (χ3n) is 1.86. The zero-order valence-electron chi connectivity index (χ0n) is 8.14. The molecule has 0 spiro atoms. The molecular formula is C11H9NO3. The van der Waals surface area contributed by atoms with E-state index >= 15 is 0 Å². The van der Waals surface area contributed by atoms with Gasteiger partial charge in [0.2, 0.25) is 0 Å². The Hall–Kier alpha value is -2.10. The number of benzene rings is 1. The molecule has 4 heteroatoms. The first kappa shape index (κ1) is 9.45. The van der Waals surface area contributed by atoms with E-state index < -0.39 is 0 Å². The van der Waals surface area contributed by atoms with Gasteiger partial charge in [-0.25, -0.2) is 4.79 Å². The fourth-order valence-electron chi connectivity index (χ4n) is 1.21. The van der Waals surface area contributed by atoms with E-state index in [9.17, 15) is 4.79 Å². The van der Waals surface area contributed by atoms with Crippen molar-refractivity contribution < 1.29 is 9.25 Å². The van der Waals surface area contributed by atoms with E-state index in [2.05, 4.69) is 5.16 Å². The smallest absolute Gasteiger partial charge is 0.336 e. The number of nitrogens with zero attached hydrogens (tertiary/aromatic N) is 1. The molecule has 0 saturated heterocycles. The van der Waals surface area contributed by atoms with E-state index in [-0.39, 0.29) is 5.63 Å². The van der Waals surface area contributed by atoms with Crippen molar-refractivity contribution in [1.82, 2.24) is 0 Å². The zero-order chi connectivity index (χ0) is 10.7. The molecule has 1 aromatic carbocycles. The minimum absolute atomic E-state index is 0.376. The molecule has 0 unspecified atom stereocenters. The normalized spacial score (nSPS) is 11.0. The number of hydrogen-bond donors (Lipinski definition) is 0. The maximum atomic E-state index is 11.0. The molecular weight excluding hydrogens is 194 g/mol. The summed E-state index contributed by atoms with van der Waals surface area (Å²) in [6.07, 6.45) is 1.53. The second-order valence-corrected chi connectivity index (χ2v) is 2.91. The molecule has 0 aliphatic rings. The van der Waals surface area contributed by atoms with Crippen LogP contribution in [0.1, 0.15) is 6.92 Å². The van der Waals surface area contributed by atoms with Crippen molar-refractivity contribution in [3.8, 4) is 5.75 Å². The molecule has 0 fully saturated rings. The summed E-state index contributed by atoms with van der Waals surface area (Å²) in [7, 11) is 0. The average Bonchev–Trinajstić information content (AvgIpc) is 2.25. The van der Waals surface area contributed by atoms with Crippen molar-refractivity contribution in [2.24, 2.45) is 5.16 Å². The molecule has 15 heavy (non-hydrogen) atoms. The topological polar surface area (TPSA) is 51.8 Å². The second-order valence-electron chi connectivity index (χ2n) is 2.91. The highest BCUT2D eigenvalue weighted by Crippen LogP contribution is 2.19. The van der Waals surface area contributed by atoms with Gasteiger partial charge in [-0.1, -0.05) is 5.16 Å². The number of hydrogen-bond acceptors (Lipinski definition) is 4. The Morgan fingerprint density at radius 1 is 1.33 bits per heavy atom. The first-order chi connectivity index (χ1) is 7.29. The van der Waals surface area contributed by atoms with Crippen LogP contribution in [-0.2, 0) is 0 Å². The Morgan fingerprint density at radius 3 is 2.93 bits per heavy atom. The van der Waals surface area contributed by atoms with E-state index in [1.165, 1.54) is 12.3 Å². The molecule has 0 aliphatic carbocycles. The maximum Gasteiger partial charge on any atom is 0.336 e. The molecule has 0 bridgehead atoms. The van der Waals surface area contributed by atoms with E-state index in [4.69, 9.17) is 9.25 Å². The summed E-state index contributed by atoms with van der Waals surface area (Å²) in [5, 5.41) is 4.48. The SMILES string of the molecule is C/C=N/Oc1ccc2ccc(=O)oc2c1. The summed E-state index contributed by atoms with van der Waals surface area (Å²) in [6.45, 7) is 1.75. The monoisotopic (exact) mass is 203 g/mol. The Bertz CT molecular complexity index is 557. The molecule has 0 aliphatic heterocycles. The summed E-state index contributed by atoms with van der Waals surface area (Å²) < 4.78 is 4.99. The van der Waals surface area contributed by atoms with Crippen LogP contribution in [0.4, 0.5) is 0 Å². The van der Waals surface area contributed by atoms with Gasteiger partial charge in [0.25, 0.3) is 0 Å². The van der Waals surface area contributed by atoms with Gasteiger partial charge >= 0.3 is 5.63 Å². The molecule has 2 aromatic rings. The minimum Gasteiger partial charge on any atom is -0.423 e. The van der Waals surface area contributed by atoms with Gasteiger partial charge in [0.15, 0.2) is 5.75 Å². The molecule has 0 saturated carbocycles. The third-order valence-corrected chi connectivity index (χ3v) is 1.86. The predicted molar refractivity (Wildman–Crippen MR) is 57.3 cm³/mol. The van der Waals surface area contributed by atoms with Gasteiger partial charge in [-0.15, -0.1) is 0 Å².